The van der Waals surface area contributed by atoms with Crippen LogP contribution in [0.5, 0.6) is 0 Å². The van der Waals surface area contributed by atoms with Crippen LogP contribution in [0, 0.1) is 5.82 Å². The summed E-state index contributed by atoms with van der Waals surface area (Å²) in [6.07, 6.45) is 1.00. The molecule has 98 valence electrons. The predicted octanol–water partition coefficient (Wildman–Crippen LogP) is 2.20. The fourth-order valence-electron chi connectivity index (χ4n) is 2.02. The molecule has 1 heterocycles. The quantitative estimate of drug-likeness (QED) is 0.839. The number of ether oxygens (including phenoxy) is 2. The molecule has 4 nitrogen and oxygen atoms in total. The number of methoxy groups -OCH3 is 1. The lowest BCUT2D eigenvalue weighted by Gasteiger charge is -2.17. The second-order valence-electron chi connectivity index (χ2n) is 4.30. The molecule has 1 N–H and O–H groups in total. The normalized spacial score (nSPS) is 22.8. The van der Waals surface area contributed by atoms with Gasteiger partial charge in [-0.3, -0.25) is 0 Å². The average molecular weight is 253 g/mol. The van der Waals surface area contributed by atoms with Crippen LogP contribution in [0.25, 0.3) is 0 Å². The summed E-state index contributed by atoms with van der Waals surface area (Å²) in [4.78, 5) is 11.4. The van der Waals surface area contributed by atoms with Gasteiger partial charge in [0.2, 0.25) is 0 Å². The van der Waals surface area contributed by atoms with Gasteiger partial charge in [0.05, 0.1) is 24.8 Å². The number of hydrogen-bond donors (Lipinski definition) is 1. The second kappa shape index (κ2) is 5.35. The SMILES string of the molecule is COC(=O)c1cc(NC2CCOC2C)ccc1F. The van der Waals surface area contributed by atoms with E-state index in [-0.39, 0.29) is 17.7 Å². The highest BCUT2D eigenvalue weighted by Crippen LogP contribution is 2.21. The van der Waals surface area contributed by atoms with Gasteiger partial charge in [-0.25, -0.2) is 9.18 Å². The Bertz CT molecular complexity index is 450. The first kappa shape index (κ1) is 12.8. The molecule has 2 atom stereocenters. The standard InChI is InChI=1S/C13H16FNO3/c1-8-12(5-6-18-8)15-9-3-4-11(14)10(7-9)13(16)17-2/h3-4,7-8,12,15H,5-6H2,1-2H3. The maximum atomic E-state index is 13.4. The zero-order chi connectivity index (χ0) is 13.1. The molecule has 1 saturated heterocycles. The van der Waals surface area contributed by atoms with Crippen molar-refractivity contribution in [3.8, 4) is 0 Å². The Labute approximate surface area is 105 Å². The number of carbonyl (C=O) groups excluding carboxylic acids is 1. The van der Waals surface area contributed by atoms with E-state index in [1.807, 2.05) is 6.92 Å². The summed E-state index contributed by atoms with van der Waals surface area (Å²) in [7, 11) is 1.23. The second-order valence-corrected chi connectivity index (χ2v) is 4.30. The lowest BCUT2D eigenvalue weighted by Crippen LogP contribution is -2.26. The molecule has 0 aliphatic carbocycles. The van der Waals surface area contributed by atoms with Crippen LogP contribution >= 0.6 is 0 Å². The van der Waals surface area contributed by atoms with Gasteiger partial charge in [0.15, 0.2) is 0 Å². The van der Waals surface area contributed by atoms with Crippen molar-refractivity contribution in [1.29, 1.82) is 0 Å². The van der Waals surface area contributed by atoms with Crippen LogP contribution in [-0.2, 0) is 9.47 Å². The number of carbonyl (C=O) groups is 1. The van der Waals surface area contributed by atoms with Gasteiger partial charge in [-0.2, -0.15) is 0 Å². The number of hydrogen-bond acceptors (Lipinski definition) is 4. The lowest BCUT2D eigenvalue weighted by atomic mass is 10.1. The van der Waals surface area contributed by atoms with Gasteiger partial charge < -0.3 is 14.8 Å². The highest BCUT2D eigenvalue weighted by molar-refractivity contribution is 5.90. The molecule has 0 saturated carbocycles. The molecular weight excluding hydrogens is 237 g/mol. The van der Waals surface area contributed by atoms with E-state index >= 15 is 0 Å². The predicted molar refractivity (Wildman–Crippen MR) is 65.2 cm³/mol. The van der Waals surface area contributed by atoms with Gasteiger partial charge in [0.1, 0.15) is 5.82 Å². The largest absolute Gasteiger partial charge is 0.465 e. The molecule has 1 aromatic rings. The maximum Gasteiger partial charge on any atom is 0.340 e. The van der Waals surface area contributed by atoms with E-state index in [4.69, 9.17) is 4.74 Å². The molecule has 0 bridgehead atoms. The van der Waals surface area contributed by atoms with Crippen LogP contribution in [0.2, 0.25) is 0 Å². The summed E-state index contributed by atoms with van der Waals surface area (Å²) in [6, 6.07) is 4.51. The van der Waals surface area contributed by atoms with Crippen LogP contribution < -0.4 is 5.32 Å². The first-order valence-electron chi connectivity index (χ1n) is 5.88. The van der Waals surface area contributed by atoms with Gasteiger partial charge in [0, 0.05) is 12.3 Å². The van der Waals surface area contributed by atoms with Crippen molar-refractivity contribution >= 4 is 11.7 Å². The molecule has 0 spiro atoms. The molecule has 0 amide bonds. The van der Waals surface area contributed by atoms with Crippen molar-refractivity contribution in [2.75, 3.05) is 19.0 Å². The van der Waals surface area contributed by atoms with Crippen molar-refractivity contribution in [1.82, 2.24) is 0 Å². The Hall–Kier alpha value is -1.62. The third-order valence-electron chi connectivity index (χ3n) is 3.10. The van der Waals surface area contributed by atoms with Gasteiger partial charge in [0.25, 0.3) is 0 Å². The molecule has 2 unspecified atom stereocenters. The minimum absolute atomic E-state index is 0.0610. The smallest absolute Gasteiger partial charge is 0.340 e. The van der Waals surface area contributed by atoms with E-state index < -0.39 is 11.8 Å². The maximum absolute atomic E-state index is 13.4. The summed E-state index contributed by atoms with van der Waals surface area (Å²) in [5.74, 6) is -1.25. The molecule has 1 aliphatic heterocycles. The van der Waals surface area contributed by atoms with Crippen molar-refractivity contribution < 1.29 is 18.7 Å². The topological polar surface area (TPSA) is 47.6 Å². The van der Waals surface area contributed by atoms with Crippen LogP contribution in [0.1, 0.15) is 23.7 Å². The highest BCUT2D eigenvalue weighted by atomic mass is 19.1. The summed E-state index contributed by atoms with van der Waals surface area (Å²) >= 11 is 0. The first-order chi connectivity index (χ1) is 8.61. The summed E-state index contributed by atoms with van der Waals surface area (Å²) in [6.45, 7) is 2.69. The van der Waals surface area contributed by atoms with E-state index in [1.165, 1.54) is 19.2 Å². The fraction of sp³-hybridized carbons (Fsp3) is 0.462. The first-order valence-corrected chi connectivity index (χ1v) is 5.88. The lowest BCUT2D eigenvalue weighted by molar-refractivity contribution is 0.0595. The molecule has 1 aromatic carbocycles. The number of halogens is 1. The molecule has 0 radical (unpaired) electrons. The number of rotatable bonds is 3. The average Bonchev–Trinajstić information content (AvgIpc) is 2.76. The summed E-state index contributed by atoms with van der Waals surface area (Å²) < 4.78 is 23.4. The summed E-state index contributed by atoms with van der Waals surface area (Å²) in [5.41, 5.74) is 0.633. The van der Waals surface area contributed by atoms with Gasteiger partial charge in [-0.15, -0.1) is 0 Å². The van der Waals surface area contributed by atoms with Crippen molar-refractivity contribution in [2.24, 2.45) is 0 Å². The van der Waals surface area contributed by atoms with Crippen molar-refractivity contribution in [3.05, 3.63) is 29.6 Å². The molecular formula is C13H16FNO3. The van der Waals surface area contributed by atoms with E-state index in [0.29, 0.717) is 12.3 Å². The van der Waals surface area contributed by atoms with Gasteiger partial charge in [-0.1, -0.05) is 0 Å². The number of anilines is 1. The van der Waals surface area contributed by atoms with Gasteiger partial charge >= 0.3 is 5.97 Å². The number of benzene rings is 1. The fourth-order valence-corrected chi connectivity index (χ4v) is 2.02. The molecule has 1 aliphatic rings. The summed E-state index contributed by atoms with van der Waals surface area (Å²) in [5, 5.41) is 3.24. The molecule has 0 aromatic heterocycles. The molecule has 18 heavy (non-hydrogen) atoms. The third-order valence-corrected chi connectivity index (χ3v) is 3.10. The van der Waals surface area contributed by atoms with Crippen LogP contribution in [0.15, 0.2) is 18.2 Å². The van der Waals surface area contributed by atoms with E-state index in [1.54, 1.807) is 6.07 Å². The Kier molecular flexibility index (Phi) is 3.81. The highest BCUT2D eigenvalue weighted by Gasteiger charge is 2.24. The number of esters is 1. The monoisotopic (exact) mass is 253 g/mol. The van der Waals surface area contributed by atoms with Crippen molar-refractivity contribution in [2.45, 2.75) is 25.5 Å². The Balaban J connectivity index is 2.16. The molecule has 1 fully saturated rings. The van der Waals surface area contributed by atoms with E-state index in [2.05, 4.69) is 10.1 Å². The van der Waals surface area contributed by atoms with Crippen LogP contribution in [-0.4, -0.2) is 31.8 Å². The molecule has 2 rings (SSSR count). The number of nitrogens with one attached hydrogen (secondary N) is 1. The van der Waals surface area contributed by atoms with Crippen LogP contribution in [0.4, 0.5) is 10.1 Å². The Morgan fingerprint density at radius 2 is 2.33 bits per heavy atom. The zero-order valence-electron chi connectivity index (χ0n) is 10.4. The third kappa shape index (κ3) is 2.61. The zero-order valence-corrected chi connectivity index (χ0v) is 10.4. The molecule has 5 heteroatoms. The Morgan fingerprint density at radius 3 is 2.94 bits per heavy atom. The van der Waals surface area contributed by atoms with Gasteiger partial charge in [-0.05, 0) is 31.5 Å². The van der Waals surface area contributed by atoms with E-state index in [9.17, 15) is 9.18 Å². The minimum atomic E-state index is -0.674. The minimum Gasteiger partial charge on any atom is -0.465 e. The Morgan fingerprint density at radius 1 is 1.56 bits per heavy atom. The van der Waals surface area contributed by atoms with Crippen molar-refractivity contribution in [3.63, 3.8) is 0 Å². The van der Waals surface area contributed by atoms with Crippen LogP contribution in [0.3, 0.4) is 0 Å². The van der Waals surface area contributed by atoms with E-state index in [0.717, 1.165) is 6.42 Å².